The summed E-state index contributed by atoms with van der Waals surface area (Å²) in [5.41, 5.74) is 0. The van der Waals surface area contributed by atoms with E-state index in [1.165, 1.54) is 24.6 Å². The Morgan fingerprint density at radius 3 is 2.42 bits per heavy atom. The van der Waals surface area contributed by atoms with Crippen molar-refractivity contribution in [2.75, 3.05) is 0 Å². The number of rotatable bonds is 11. The third-order valence-electron chi connectivity index (χ3n) is 2.92. The highest BCUT2D eigenvalue weighted by atomic mass is 32.2. The summed E-state index contributed by atoms with van der Waals surface area (Å²) in [6.07, 6.45) is 7.75. The summed E-state index contributed by atoms with van der Waals surface area (Å²) in [6, 6.07) is 0. The average molecular weight is 304 g/mol. The molecule has 0 heterocycles. The lowest BCUT2D eigenvalue weighted by molar-refractivity contribution is -0.111. The first-order valence-corrected chi connectivity index (χ1v) is 10.9. The molecule has 0 aliphatic rings. The third kappa shape index (κ3) is 11.7. The normalized spacial score (nSPS) is 14.6. The fourth-order valence-corrected chi connectivity index (χ4v) is 4.00. The number of hydrogen-bond acceptors (Lipinski definition) is 3. The molecule has 0 saturated heterocycles. The second-order valence-electron chi connectivity index (χ2n) is 5.43. The lowest BCUT2D eigenvalue weighted by Gasteiger charge is -2.22. The van der Waals surface area contributed by atoms with Gasteiger partial charge in [-0.15, -0.1) is 0 Å². The van der Waals surface area contributed by atoms with Crippen LogP contribution in [0.1, 0.15) is 65.7 Å². The number of unbranched alkanes of at least 4 members (excludes halogenated alkanes) is 2. The Morgan fingerprint density at radius 1 is 1.21 bits per heavy atom. The molecule has 0 aliphatic heterocycles. The van der Waals surface area contributed by atoms with Crippen LogP contribution < -0.4 is 0 Å². The summed E-state index contributed by atoms with van der Waals surface area (Å²) >= 11 is 1.52. The maximum Gasteiger partial charge on any atom is 0.205 e. The Bertz CT molecular complexity index is 234. The van der Waals surface area contributed by atoms with E-state index in [2.05, 4.69) is 33.9 Å². The Morgan fingerprint density at radius 2 is 1.89 bits per heavy atom. The molecule has 0 saturated carbocycles. The van der Waals surface area contributed by atoms with Gasteiger partial charge in [-0.2, -0.15) is 0 Å². The van der Waals surface area contributed by atoms with Crippen LogP contribution in [0, 0.1) is 0 Å². The molecular formula is C15H31O2SSi. The zero-order chi connectivity index (χ0) is 14.7. The van der Waals surface area contributed by atoms with Crippen LogP contribution in [-0.4, -0.2) is 25.5 Å². The standard InChI is InChI=1S/C15H31O2SSi/c1-6-8-9-11-15(16)18-13(3)12-14(10-7-2)17-19(4)5/h13-14H,6-12H2,1-5H3. The van der Waals surface area contributed by atoms with E-state index in [-0.39, 0.29) is 0 Å². The van der Waals surface area contributed by atoms with Crippen LogP contribution in [-0.2, 0) is 9.22 Å². The van der Waals surface area contributed by atoms with Gasteiger partial charge < -0.3 is 4.43 Å². The summed E-state index contributed by atoms with van der Waals surface area (Å²) in [5, 5.41) is 0.738. The summed E-state index contributed by atoms with van der Waals surface area (Å²) in [6.45, 7) is 10.9. The molecule has 1 radical (unpaired) electrons. The van der Waals surface area contributed by atoms with Crippen molar-refractivity contribution in [1.29, 1.82) is 0 Å². The Balaban J connectivity index is 3.96. The molecule has 19 heavy (non-hydrogen) atoms. The van der Waals surface area contributed by atoms with Gasteiger partial charge in [0.25, 0.3) is 0 Å². The van der Waals surface area contributed by atoms with Gasteiger partial charge in [0.05, 0.1) is 0 Å². The molecule has 0 aromatic carbocycles. The monoisotopic (exact) mass is 303 g/mol. The first-order valence-electron chi connectivity index (χ1n) is 7.65. The molecule has 0 spiro atoms. The quantitative estimate of drug-likeness (QED) is 0.395. The van der Waals surface area contributed by atoms with Crippen molar-refractivity contribution in [3.05, 3.63) is 0 Å². The van der Waals surface area contributed by atoms with E-state index < -0.39 is 9.04 Å². The lowest BCUT2D eigenvalue weighted by atomic mass is 10.1. The van der Waals surface area contributed by atoms with Crippen LogP contribution in [0.5, 0.6) is 0 Å². The van der Waals surface area contributed by atoms with Gasteiger partial charge in [-0.05, 0) is 32.4 Å². The summed E-state index contributed by atoms with van der Waals surface area (Å²) in [7, 11) is -0.640. The van der Waals surface area contributed by atoms with Crippen molar-refractivity contribution in [3.63, 3.8) is 0 Å². The topological polar surface area (TPSA) is 26.3 Å². The third-order valence-corrected chi connectivity index (χ3v) is 4.79. The van der Waals surface area contributed by atoms with Crippen molar-refractivity contribution < 1.29 is 9.22 Å². The predicted octanol–water partition coefficient (Wildman–Crippen LogP) is 5.04. The highest BCUT2D eigenvalue weighted by Crippen LogP contribution is 2.23. The maximum absolute atomic E-state index is 11.8. The molecule has 0 rings (SSSR count). The van der Waals surface area contributed by atoms with Gasteiger partial charge in [0.2, 0.25) is 9.04 Å². The fourth-order valence-electron chi connectivity index (χ4n) is 2.10. The second-order valence-corrected chi connectivity index (χ2v) is 8.98. The van der Waals surface area contributed by atoms with Crippen LogP contribution in [0.15, 0.2) is 0 Å². The van der Waals surface area contributed by atoms with Crippen LogP contribution in [0.25, 0.3) is 0 Å². The molecule has 2 nitrogen and oxygen atoms in total. The largest absolute Gasteiger partial charge is 0.414 e. The van der Waals surface area contributed by atoms with Gasteiger partial charge in [-0.1, -0.05) is 51.8 Å². The lowest BCUT2D eigenvalue weighted by Crippen LogP contribution is -2.24. The molecule has 0 bridgehead atoms. The van der Waals surface area contributed by atoms with Gasteiger partial charge in [-0.3, -0.25) is 4.79 Å². The van der Waals surface area contributed by atoms with Crippen LogP contribution in [0.2, 0.25) is 13.1 Å². The van der Waals surface area contributed by atoms with Crippen molar-refractivity contribution in [3.8, 4) is 0 Å². The predicted molar refractivity (Wildman–Crippen MR) is 88.1 cm³/mol. The minimum absolute atomic E-state index is 0.347. The molecule has 0 N–H and O–H groups in total. The van der Waals surface area contributed by atoms with E-state index in [1.54, 1.807) is 0 Å². The molecule has 0 fully saturated rings. The smallest absolute Gasteiger partial charge is 0.205 e. The van der Waals surface area contributed by atoms with E-state index in [4.69, 9.17) is 4.43 Å². The Hall–Kier alpha value is 0.197. The van der Waals surface area contributed by atoms with E-state index >= 15 is 0 Å². The van der Waals surface area contributed by atoms with Crippen molar-refractivity contribution >= 4 is 25.9 Å². The van der Waals surface area contributed by atoms with Crippen molar-refractivity contribution in [2.24, 2.45) is 0 Å². The minimum atomic E-state index is -0.640. The molecule has 2 atom stereocenters. The number of hydrogen-bond donors (Lipinski definition) is 0. The molecule has 0 aromatic heterocycles. The number of thioether (sulfide) groups is 1. The van der Waals surface area contributed by atoms with Gasteiger partial charge in [0.15, 0.2) is 5.12 Å². The van der Waals surface area contributed by atoms with Gasteiger partial charge in [0, 0.05) is 17.8 Å². The molecule has 0 amide bonds. The Kier molecular flexibility index (Phi) is 12.1. The molecule has 113 valence electrons. The van der Waals surface area contributed by atoms with Crippen molar-refractivity contribution in [2.45, 2.75) is 90.2 Å². The zero-order valence-corrected chi connectivity index (χ0v) is 15.1. The molecule has 0 aromatic rings. The SMILES string of the molecule is CCCCCC(=O)SC(C)CC(CCC)O[Si](C)C. The number of carbonyl (C=O) groups is 1. The summed E-state index contributed by atoms with van der Waals surface area (Å²) < 4.78 is 6.02. The first-order chi connectivity index (χ1) is 8.99. The fraction of sp³-hybridized carbons (Fsp3) is 0.933. The van der Waals surface area contributed by atoms with Crippen molar-refractivity contribution in [1.82, 2.24) is 0 Å². The van der Waals surface area contributed by atoms with E-state index in [1.807, 2.05) is 0 Å². The van der Waals surface area contributed by atoms with Gasteiger partial charge >= 0.3 is 0 Å². The van der Waals surface area contributed by atoms with Crippen LogP contribution in [0.4, 0.5) is 0 Å². The molecule has 0 aliphatic carbocycles. The first kappa shape index (κ1) is 19.2. The van der Waals surface area contributed by atoms with Crippen LogP contribution >= 0.6 is 11.8 Å². The van der Waals surface area contributed by atoms with Gasteiger partial charge in [0.1, 0.15) is 0 Å². The summed E-state index contributed by atoms with van der Waals surface area (Å²) in [4.78, 5) is 11.8. The minimum Gasteiger partial charge on any atom is -0.414 e. The highest BCUT2D eigenvalue weighted by molar-refractivity contribution is 8.14. The van der Waals surface area contributed by atoms with E-state index in [0.29, 0.717) is 16.5 Å². The second kappa shape index (κ2) is 12.0. The van der Waals surface area contributed by atoms with E-state index in [0.717, 1.165) is 32.1 Å². The average Bonchev–Trinajstić information content (AvgIpc) is 2.28. The molecular weight excluding hydrogens is 272 g/mol. The highest BCUT2D eigenvalue weighted by Gasteiger charge is 2.17. The Labute approximate surface area is 125 Å². The van der Waals surface area contributed by atoms with E-state index in [9.17, 15) is 4.79 Å². The zero-order valence-electron chi connectivity index (χ0n) is 13.3. The molecule has 4 heteroatoms. The molecule has 2 unspecified atom stereocenters. The van der Waals surface area contributed by atoms with Crippen LogP contribution in [0.3, 0.4) is 0 Å². The maximum atomic E-state index is 11.8. The van der Waals surface area contributed by atoms with Gasteiger partial charge in [-0.25, -0.2) is 0 Å². The summed E-state index contributed by atoms with van der Waals surface area (Å²) in [5.74, 6) is 0. The number of carbonyl (C=O) groups excluding carboxylic acids is 1.